The van der Waals surface area contributed by atoms with Crippen LogP contribution in [0.3, 0.4) is 0 Å². The normalized spacial score (nSPS) is 15.8. The van der Waals surface area contributed by atoms with E-state index in [4.69, 9.17) is 26.0 Å². The van der Waals surface area contributed by atoms with Gasteiger partial charge >= 0.3 is 0 Å². The van der Waals surface area contributed by atoms with Gasteiger partial charge in [-0.1, -0.05) is 11.6 Å². The van der Waals surface area contributed by atoms with Gasteiger partial charge in [-0.2, -0.15) is 5.26 Å². The lowest BCUT2D eigenvalue weighted by Crippen LogP contribution is -2.34. The minimum Gasteiger partial charge on any atom is -0.449 e. The molecule has 0 saturated carbocycles. The van der Waals surface area contributed by atoms with E-state index in [1.165, 1.54) is 12.1 Å². The molecular weight excluding hydrogens is 406 g/mol. The second-order valence-electron chi connectivity index (χ2n) is 6.94. The highest BCUT2D eigenvalue weighted by Crippen LogP contribution is 2.38. The van der Waals surface area contributed by atoms with E-state index in [1.807, 2.05) is 19.1 Å². The Balaban J connectivity index is 1.59. The van der Waals surface area contributed by atoms with Crippen molar-refractivity contribution >= 4 is 45.1 Å². The molecule has 0 radical (unpaired) electrons. The number of amides is 1. The number of hydrogen-bond donors (Lipinski definition) is 2. The summed E-state index contributed by atoms with van der Waals surface area (Å²) < 4.78 is 11.6. The maximum Gasteiger partial charge on any atom is 0.289 e. The van der Waals surface area contributed by atoms with Gasteiger partial charge in [-0.25, -0.2) is 9.97 Å². The summed E-state index contributed by atoms with van der Waals surface area (Å²) in [5.74, 6) is 0.714. The first-order chi connectivity index (χ1) is 14.5. The van der Waals surface area contributed by atoms with E-state index in [1.54, 1.807) is 18.2 Å². The third kappa shape index (κ3) is 3.06. The van der Waals surface area contributed by atoms with Gasteiger partial charge in [-0.15, -0.1) is 0 Å². The molecule has 1 aliphatic heterocycles. The maximum atomic E-state index is 12.4. The topological polar surface area (TPSA) is 113 Å². The molecule has 2 N–H and O–H groups in total. The van der Waals surface area contributed by atoms with E-state index >= 15 is 0 Å². The predicted molar refractivity (Wildman–Crippen MR) is 111 cm³/mol. The van der Waals surface area contributed by atoms with Crippen molar-refractivity contribution in [3.8, 4) is 17.7 Å². The van der Waals surface area contributed by atoms with Crippen molar-refractivity contribution in [3.05, 3.63) is 53.0 Å². The van der Waals surface area contributed by atoms with E-state index in [-0.39, 0.29) is 28.6 Å². The van der Waals surface area contributed by atoms with Crippen molar-refractivity contribution in [2.75, 3.05) is 11.9 Å². The van der Waals surface area contributed by atoms with Crippen LogP contribution in [0.4, 0.5) is 5.69 Å². The highest BCUT2D eigenvalue weighted by molar-refractivity contribution is 6.29. The number of nitriles is 1. The summed E-state index contributed by atoms with van der Waals surface area (Å²) in [5.41, 5.74) is 2.08. The lowest BCUT2D eigenvalue weighted by Gasteiger charge is -2.10. The number of carbonyl (C=O) groups excluding carboxylic acids is 1. The molecular formula is C21H14ClN5O3. The lowest BCUT2D eigenvalue weighted by atomic mass is 10.1. The Morgan fingerprint density at radius 2 is 2.13 bits per heavy atom. The number of carbonyl (C=O) groups is 1. The van der Waals surface area contributed by atoms with Crippen molar-refractivity contribution in [2.45, 2.75) is 13.0 Å². The van der Waals surface area contributed by atoms with Gasteiger partial charge < -0.3 is 19.8 Å². The van der Waals surface area contributed by atoms with Gasteiger partial charge in [0.1, 0.15) is 28.2 Å². The second kappa shape index (κ2) is 6.90. The fourth-order valence-corrected chi connectivity index (χ4v) is 3.67. The van der Waals surface area contributed by atoms with E-state index in [9.17, 15) is 4.79 Å². The van der Waals surface area contributed by atoms with Crippen molar-refractivity contribution in [3.63, 3.8) is 0 Å². The molecule has 5 rings (SSSR count). The van der Waals surface area contributed by atoms with Gasteiger partial charge in [0.2, 0.25) is 11.6 Å². The summed E-state index contributed by atoms with van der Waals surface area (Å²) in [6, 6.07) is 12.1. The number of rotatable bonds is 2. The van der Waals surface area contributed by atoms with E-state index in [0.29, 0.717) is 35.0 Å². The molecule has 8 nitrogen and oxygen atoms in total. The third-order valence-corrected chi connectivity index (χ3v) is 4.96. The number of hydrogen-bond acceptors (Lipinski definition) is 7. The molecule has 0 bridgehead atoms. The Bertz CT molecular complexity index is 1370. The first-order valence-corrected chi connectivity index (χ1v) is 9.56. The third-order valence-electron chi connectivity index (χ3n) is 4.77. The van der Waals surface area contributed by atoms with Crippen molar-refractivity contribution in [1.82, 2.24) is 15.3 Å². The standard InChI is InChI=1S/C21H14ClN5O3/c1-10-9-24-19-18-13-2-5-17(29-12-6-11(8-23)26-16(22)7-12)27-14(13)3-4-15(18)30-20(19)21(28)25-10/h2-7,10,24H,9H2,1H3,(H,25,28)/t10-/m1/s1. The van der Waals surface area contributed by atoms with Crippen LogP contribution in [-0.2, 0) is 0 Å². The van der Waals surface area contributed by atoms with Gasteiger partial charge in [0.25, 0.3) is 5.91 Å². The Morgan fingerprint density at radius 1 is 1.27 bits per heavy atom. The van der Waals surface area contributed by atoms with Crippen LogP contribution in [0.15, 0.2) is 40.8 Å². The first-order valence-electron chi connectivity index (χ1n) is 9.18. The summed E-state index contributed by atoms with van der Waals surface area (Å²) in [6.45, 7) is 2.51. The van der Waals surface area contributed by atoms with E-state index < -0.39 is 0 Å². The molecule has 9 heteroatoms. The molecule has 1 aromatic carbocycles. The molecule has 4 heterocycles. The minimum absolute atomic E-state index is 0.0197. The van der Waals surface area contributed by atoms with E-state index in [0.717, 1.165) is 10.8 Å². The lowest BCUT2D eigenvalue weighted by molar-refractivity contribution is 0.0920. The zero-order valence-corrected chi connectivity index (χ0v) is 16.4. The molecule has 0 fully saturated rings. The van der Waals surface area contributed by atoms with Crippen LogP contribution >= 0.6 is 11.6 Å². The number of halogens is 1. The summed E-state index contributed by atoms with van der Waals surface area (Å²) >= 11 is 5.93. The number of furan rings is 1. The summed E-state index contributed by atoms with van der Waals surface area (Å²) in [5, 5.41) is 17.0. The fourth-order valence-electron chi connectivity index (χ4n) is 3.47. The molecule has 0 aliphatic carbocycles. The Hall–Kier alpha value is -3.83. The minimum atomic E-state index is -0.248. The second-order valence-corrected chi connectivity index (χ2v) is 7.33. The average Bonchev–Trinajstić information content (AvgIpc) is 3.04. The Labute approximate surface area is 175 Å². The average molecular weight is 420 g/mol. The number of nitrogens with zero attached hydrogens (tertiary/aromatic N) is 3. The highest BCUT2D eigenvalue weighted by Gasteiger charge is 2.26. The summed E-state index contributed by atoms with van der Waals surface area (Å²) in [7, 11) is 0. The largest absolute Gasteiger partial charge is 0.449 e. The number of benzene rings is 1. The molecule has 1 aliphatic rings. The van der Waals surface area contributed by atoms with Crippen LogP contribution in [0.5, 0.6) is 11.6 Å². The number of anilines is 1. The van der Waals surface area contributed by atoms with Crippen LogP contribution in [0.25, 0.3) is 21.9 Å². The molecule has 4 aromatic rings. The molecule has 0 unspecified atom stereocenters. The summed E-state index contributed by atoms with van der Waals surface area (Å²) in [4.78, 5) is 20.9. The van der Waals surface area contributed by atoms with Crippen molar-refractivity contribution < 1.29 is 13.9 Å². The maximum absolute atomic E-state index is 12.4. The van der Waals surface area contributed by atoms with Crippen LogP contribution in [0.1, 0.15) is 23.2 Å². The highest BCUT2D eigenvalue weighted by atomic mass is 35.5. The number of pyridine rings is 2. The number of aromatic nitrogens is 2. The predicted octanol–water partition coefficient (Wildman–Crippen LogP) is 4.24. The zero-order chi connectivity index (χ0) is 20.8. The smallest absolute Gasteiger partial charge is 0.289 e. The number of ether oxygens (including phenoxy) is 1. The molecule has 1 amide bonds. The summed E-state index contributed by atoms with van der Waals surface area (Å²) in [6.07, 6.45) is 0. The molecule has 1 atom stereocenters. The van der Waals surface area contributed by atoms with Crippen LogP contribution in [0, 0.1) is 11.3 Å². The monoisotopic (exact) mass is 419 g/mol. The van der Waals surface area contributed by atoms with Gasteiger partial charge in [-0.05, 0) is 25.1 Å². The SMILES string of the molecule is C[C@@H]1CNc2c(oc3ccc4nc(Oc5cc(Cl)nc(C#N)c5)ccc4c23)C(=O)N1. The fraction of sp³-hybridized carbons (Fsp3) is 0.143. The molecule has 3 aromatic heterocycles. The van der Waals surface area contributed by atoms with Gasteiger partial charge in [-0.3, -0.25) is 4.79 Å². The van der Waals surface area contributed by atoms with Gasteiger partial charge in [0.15, 0.2) is 0 Å². The Kier molecular flexibility index (Phi) is 4.19. The van der Waals surface area contributed by atoms with Crippen LogP contribution < -0.4 is 15.4 Å². The quantitative estimate of drug-likeness (QED) is 0.467. The first kappa shape index (κ1) is 18.2. The zero-order valence-electron chi connectivity index (χ0n) is 15.7. The van der Waals surface area contributed by atoms with Crippen molar-refractivity contribution in [1.29, 1.82) is 5.26 Å². The van der Waals surface area contributed by atoms with Gasteiger partial charge in [0, 0.05) is 36.2 Å². The molecule has 148 valence electrons. The molecule has 0 spiro atoms. The van der Waals surface area contributed by atoms with E-state index in [2.05, 4.69) is 20.6 Å². The van der Waals surface area contributed by atoms with Gasteiger partial charge in [0.05, 0.1) is 16.6 Å². The molecule has 30 heavy (non-hydrogen) atoms. The number of nitrogens with one attached hydrogen (secondary N) is 2. The number of fused-ring (bicyclic) bond motifs is 5. The van der Waals surface area contributed by atoms with Crippen LogP contribution in [0.2, 0.25) is 5.15 Å². The molecule has 0 saturated heterocycles. The van der Waals surface area contributed by atoms with Crippen molar-refractivity contribution in [2.24, 2.45) is 0 Å². The van der Waals surface area contributed by atoms with Crippen LogP contribution in [-0.4, -0.2) is 28.5 Å². The Morgan fingerprint density at radius 3 is 2.97 bits per heavy atom.